The van der Waals surface area contributed by atoms with Crippen LogP contribution in [-0.2, 0) is 16.4 Å². The number of amides is 4. The zero-order chi connectivity index (χ0) is 29.1. The molecule has 2 aliphatic rings. The average molecular weight is 574 g/mol. The maximum atomic E-state index is 14.7. The molecule has 2 heterocycles. The second kappa shape index (κ2) is 11.9. The fourth-order valence-electron chi connectivity index (χ4n) is 4.78. The molecule has 0 bridgehead atoms. The summed E-state index contributed by atoms with van der Waals surface area (Å²) in [6.45, 7) is 8.64. The monoisotopic (exact) mass is 573 g/mol. The largest absolute Gasteiger partial charge is 0.347 e. The number of hydrogen-bond donors (Lipinski definition) is 3. The first-order valence-corrected chi connectivity index (χ1v) is 15.1. The number of piperazine rings is 1. The van der Waals surface area contributed by atoms with E-state index in [0.717, 1.165) is 11.6 Å². The van der Waals surface area contributed by atoms with Crippen LogP contribution in [0.1, 0.15) is 53.5 Å². The van der Waals surface area contributed by atoms with E-state index in [2.05, 4.69) is 20.9 Å². The van der Waals surface area contributed by atoms with E-state index in [4.69, 9.17) is 0 Å². The highest BCUT2D eigenvalue weighted by Gasteiger charge is 2.29. The van der Waals surface area contributed by atoms with Gasteiger partial charge in [-0.3, -0.25) is 14.5 Å². The van der Waals surface area contributed by atoms with Crippen molar-refractivity contribution >= 4 is 33.4 Å². The number of benzene rings is 2. The molecular weight excluding hydrogens is 537 g/mol. The van der Waals surface area contributed by atoms with Gasteiger partial charge in [-0.05, 0) is 63.1 Å². The maximum absolute atomic E-state index is 14.7. The summed E-state index contributed by atoms with van der Waals surface area (Å²) < 4.78 is 37.8. The van der Waals surface area contributed by atoms with Gasteiger partial charge in [-0.2, -0.15) is 0 Å². The highest BCUT2D eigenvalue weighted by Crippen LogP contribution is 2.19. The van der Waals surface area contributed by atoms with Crippen LogP contribution in [0.25, 0.3) is 0 Å². The number of sulfone groups is 1. The van der Waals surface area contributed by atoms with Crippen LogP contribution in [0, 0.1) is 5.82 Å². The molecule has 0 spiro atoms. The Bertz CT molecular complexity index is 1380. The summed E-state index contributed by atoms with van der Waals surface area (Å²) >= 11 is 0. The third kappa shape index (κ3) is 8.01. The van der Waals surface area contributed by atoms with Gasteiger partial charge in [0.2, 0.25) is 0 Å². The van der Waals surface area contributed by atoms with Crippen molar-refractivity contribution in [1.82, 2.24) is 20.4 Å². The van der Waals surface area contributed by atoms with Gasteiger partial charge in [-0.15, -0.1) is 0 Å². The highest BCUT2D eigenvalue weighted by molar-refractivity contribution is 7.91. The number of rotatable bonds is 6. The van der Waals surface area contributed by atoms with Gasteiger partial charge < -0.3 is 20.9 Å². The van der Waals surface area contributed by atoms with Gasteiger partial charge in [0.25, 0.3) is 11.8 Å². The van der Waals surface area contributed by atoms with Crippen molar-refractivity contribution in [2.24, 2.45) is 0 Å². The summed E-state index contributed by atoms with van der Waals surface area (Å²) in [6, 6.07) is 10.2. The third-order valence-corrected chi connectivity index (χ3v) is 8.54. The summed E-state index contributed by atoms with van der Waals surface area (Å²) in [7, 11) is -3.15. The standard InChI is InChI=1S/C28H36FN5O5S/c1-28(2,3)32-25(35)20-6-4-5-19(15-20)17-33-10-12-34(13-11-33)26(36)21-7-8-24(23(29)16-21)31-27(37)30-22-9-14-40(38,39)18-22/h4-8,15-16,22H,9-14,17-18H2,1-3H3,(H,32,35)(H2,30,31,37). The Morgan fingerprint density at radius 3 is 2.35 bits per heavy atom. The van der Waals surface area contributed by atoms with Crippen molar-refractivity contribution in [1.29, 1.82) is 0 Å². The van der Waals surface area contributed by atoms with Gasteiger partial charge >= 0.3 is 6.03 Å². The van der Waals surface area contributed by atoms with E-state index in [1.165, 1.54) is 12.1 Å². The number of anilines is 1. The fraction of sp³-hybridized carbons (Fsp3) is 0.464. The highest BCUT2D eigenvalue weighted by atomic mass is 32.2. The van der Waals surface area contributed by atoms with E-state index < -0.39 is 27.7 Å². The molecule has 3 N–H and O–H groups in total. The molecule has 40 heavy (non-hydrogen) atoms. The zero-order valence-corrected chi connectivity index (χ0v) is 23.8. The van der Waals surface area contributed by atoms with Crippen LogP contribution in [-0.4, -0.2) is 85.3 Å². The van der Waals surface area contributed by atoms with E-state index in [1.54, 1.807) is 11.0 Å². The minimum atomic E-state index is -3.15. The maximum Gasteiger partial charge on any atom is 0.319 e. The number of carbonyl (C=O) groups is 3. The van der Waals surface area contributed by atoms with Crippen molar-refractivity contribution in [2.45, 2.75) is 45.3 Å². The SMILES string of the molecule is CC(C)(C)NC(=O)c1cccc(CN2CCN(C(=O)c3ccc(NC(=O)NC4CCS(=O)(=O)C4)c(F)c3)CC2)c1. The summed E-state index contributed by atoms with van der Waals surface area (Å²) in [5.41, 5.74) is 1.36. The molecule has 12 heteroatoms. The second-order valence-corrected chi connectivity index (χ2v) is 13.6. The lowest BCUT2D eigenvalue weighted by Gasteiger charge is -2.35. The molecule has 4 rings (SSSR count). The molecule has 2 fully saturated rings. The van der Waals surface area contributed by atoms with Crippen molar-refractivity contribution < 1.29 is 27.2 Å². The Morgan fingerprint density at radius 1 is 1.00 bits per heavy atom. The minimum absolute atomic E-state index is 0.0148. The Balaban J connectivity index is 1.28. The van der Waals surface area contributed by atoms with E-state index in [1.807, 2.05) is 39.0 Å². The first-order chi connectivity index (χ1) is 18.8. The van der Waals surface area contributed by atoms with Gasteiger partial charge in [-0.25, -0.2) is 17.6 Å². The van der Waals surface area contributed by atoms with Gasteiger partial charge in [-0.1, -0.05) is 12.1 Å². The number of hydrogen-bond acceptors (Lipinski definition) is 6. The summed E-state index contributed by atoms with van der Waals surface area (Å²) in [5, 5.41) is 7.89. The van der Waals surface area contributed by atoms with Crippen LogP contribution in [0.3, 0.4) is 0 Å². The van der Waals surface area contributed by atoms with Crippen LogP contribution >= 0.6 is 0 Å². The Kier molecular flexibility index (Phi) is 8.79. The van der Waals surface area contributed by atoms with Gasteiger partial charge in [0.05, 0.1) is 17.2 Å². The Hall–Kier alpha value is -3.51. The average Bonchev–Trinajstić information content (AvgIpc) is 3.22. The smallest absolute Gasteiger partial charge is 0.319 e. The predicted octanol–water partition coefficient (Wildman–Crippen LogP) is 2.62. The van der Waals surface area contributed by atoms with Crippen LogP contribution < -0.4 is 16.0 Å². The molecular formula is C28H36FN5O5S. The van der Waals surface area contributed by atoms with E-state index in [9.17, 15) is 27.2 Å². The molecule has 2 aromatic carbocycles. The molecule has 2 saturated heterocycles. The van der Waals surface area contributed by atoms with Crippen molar-refractivity contribution in [3.05, 3.63) is 65.0 Å². The molecule has 2 aromatic rings. The van der Waals surface area contributed by atoms with Crippen molar-refractivity contribution in [3.63, 3.8) is 0 Å². The third-order valence-electron chi connectivity index (χ3n) is 6.78. The molecule has 0 radical (unpaired) electrons. The zero-order valence-electron chi connectivity index (χ0n) is 23.0. The summed E-state index contributed by atoms with van der Waals surface area (Å²) in [5.74, 6) is -1.30. The van der Waals surface area contributed by atoms with E-state index in [-0.39, 0.29) is 40.1 Å². The predicted molar refractivity (Wildman–Crippen MR) is 150 cm³/mol. The lowest BCUT2D eigenvalue weighted by atomic mass is 10.1. The normalized spacial score (nSPS) is 19.2. The summed E-state index contributed by atoms with van der Waals surface area (Å²) in [4.78, 5) is 41.6. The van der Waals surface area contributed by atoms with Crippen molar-refractivity contribution in [2.75, 3.05) is 43.0 Å². The van der Waals surface area contributed by atoms with Crippen molar-refractivity contribution in [3.8, 4) is 0 Å². The quantitative estimate of drug-likeness (QED) is 0.488. The minimum Gasteiger partial charge on any atom is -0.347 e. The van der Waals surface area contributed by atoms with Gasteiger partial charge in [0, 0.05) is 55.4 Å². The van der Waals surface area contributed by atoms with Gasteiger partial charge in [0.15, 0.2) is 9.84 Å². The topological polar surface area (TPSA) is 128 Å². The van der Waals surface area contributed by atoms with Crippen LogP contribution in [0.5, 0.6) is 0 Å². The molecule has 2 aliphatic heterocycles. The molecule has 4 amide bonds. The number of carbonyl (C=O) groups excluding carboxylic acids is 3. The molecule has 1 atom stereocenters. The number of nitrogens with one attached hydrogen (secondary N) is 3. The molecule has 0 aliphatic carbocycles. The number of halogens is 1. The van der Waals surface area contributed by atoms with Crippen LogP contribution in [0.15, 0.2) is 42.5 Å². The molecule has 216 valence electrons. The van der Waals surface area contributed by atoms with Crippen LogP contribution in [0.4, 0.5) is 14.9 Å². The van der Waals surface area contributed by atoms with Gasteiger partial charge in [0.1, 0.15) is 5.82 Å². The summed E-state index contributed by atoms with van der Waals surface area (Å²) in [6.07, 6.45) is 0.319. The van der Waals surface area contributed by atoms with E-state index >= 15 is 0 Å². The lowest BCUT2D eigenvalue weighted by molar-refractivity contribution is 0.0627. The molecule has 10 nitrogen and oxygen atoms in total. The Morgan fingerprint density at radius 2 is 1.73 bits per heavy atom. The van der Waals surface area contributed by atoms with Crippen LogP contribution in [0.2, 0.25) is 0 Å². The second-order valence-electron chi connectivity index (χ2n) is 11.4. The Labute approximate surface area is 234 Å². The first kappa shape index (κ1) is 29.5. The molecule has 0 aromatic heterocycles. The van der Waals surface area contributed by atoms with E-state index in [0.29, 0.717) is 44.7 Å². The number of nitrogens with zero attached hydrogens (tertiary/aromatic N) is 2. The fourth-order valence-corrected chi connectivity index (χ4v) is 6.45. The lowest BCUT2D eigenvalue weighted by Crippen LogP contribution is -2.48. The number of urea groups is 1. The molecule has 0 saturated carbocycles. The first-order valence-electron chi connectivity index (χ1n) is 13.3. The molecule has 1 unspecified atom stereocenters.